The van der Waals surface area contributed by atoms with Crippen molar-refractivity contribution in [3.63, 3.8) is 0 Å². The number of hydrogen-bond donors (Lipinski definition) is 5. The van der Waals surface area contributed by atoms with Gasteiger partial charge in [0.2, 0.25) is 11.8 Å². The van der Waals surface area contributed by atoms with E-state index in [1.54, 1.807) is 14.0 Å². The van der Waals surface area contributed by atoms with E-state index in [0.717, 1.165) is 34.9 Å². The molecule has 1 aromatic heterocycles. The Hall–Kier alpha value is -2.50. The van der Waals surface area contributed by atoms with Crippen molar-refractivity contribution in [2.24, 2.45) is 5.92 Å². The Bertz CT molecular complexity index is 1150. The van der Waals surface area contributed by atoms with E-state index in [0.29, 0.717) is 13.0 Å². The lowest BCUT2D eigenvalue weighted by molar-refractivity contribution is -0.209. The number of hydrogen-bond acceptors (Lipinski definition) is 7. The Kier molecular flexibility index (Phi) is 8.78. The van der Waals surface area contributed by atoms with Gasteiger partial charge < -0.3 is 40.2 Å². The quantitative estimate of drug-likeness (QED) is 0.341. The molecular formula is C28H42N4O6. The number of aromatic nitrogens is 1. The van der Waals surface area contributed by atoms with Crippen molar-refractivity contribution < 1.29 is 29.6 Å². The van der Waals surface area contributed by atoms with Gasteiger partial charge in [-0.1, -0.05) is 32.0 Å². The van der Waals surface area contributed by atoms with Gasteiger partial charge in [0.1, 0.15) is 24.4 Å². The molecule has 4 rings (SSSR count). The molecule has 5 N–H and O–H groups in total. The van der Waals surface area contributed by atoms with Crippen LogP contribution in [0.4, 0.5) is 0 Å². The lowest BCUT2D eigenvalue weighted by Crippen LogP contribution is -2.55. The van der Waals surface area contributed by atoms with Crippen LogP contribution >= 0.6 is 0 Å². The van der Waals surface area contributed by atoms with Crippen molar-refractivity contribution in [2.45, 2.75) is 89.6 Å². The van der Waals surface area contributed by atoms with Crippen molar-refractivity contribution in [3.05, 3.63) is 35.5 Å². The van der Waals surface area contributed by atoms with Crippen molar-refractivity contribution in [1.29, 1.82) is 0 Å². The molecule has 38 heavy (non-hydrogen) atoms. The molecule has 2 aliphatic heterocycles. The number of rotatable bonds is 8. The Morgan fingerprint density at radius 1 is 1.16 bits per heavy atom. The number of nitrogens with zero attached hydrogens (tertiary/aromatic N) is 2. The summed E-state index contributed by atoms with van der Waals surface area (Å²) in [7, 11) is 1.71. The normalized spacial score (nSPS) is 27.6. The van der Waals surface area contributed by atoms with E-state index in [1.165, 1.54) is 0 Å². The van der Waals surface area contributed by atoms with E-state index in [4.69, 9.17) is 4.74 Å². The summed E-state index contributed by atoms with van der Waals surface area (Å²) in [6.45, 7) is 8.18. The molecular weight excluding hydrogens is 488 g/mol. The fraction of sp³-hybridized carbons (Fsp3) is 0.643. The van der Waals surface area contributed by atoms with Crippen LogP contribution in [0.1, 0.15) is 51.0 Å². The lowest BCUT2D eigenvalue weighted by Gasteiger charge is -2.36. The molecule has 0 aliphatic carbocycles. The molecule has 2 saturated heterocycles. The van der Waals surface area contributed by atoms with E-state index >= 15 is 0 Å². The van der Waals surface area contributed by atoms with E-state index in [1.807, 2.05) is 54.6 Å². The Morgan fingerprint density at radius 3 is 2.58 bits per heavy atom. The van der Waals surface area contributed by atoms with Crippen LogP contribution in [0.2, 0.25) is 0 Å². The van der Waals surface area contributed by atoms with Gasteiger partial charge in [-0.15, -0.1) is 0 Å². The third kappa shape index (κ3) is 5.46. The number of benzene rings is 1. The van der Waals surface area contributed by atoms with Gasteiger partial charge in [0.25, 0.3) is 0 Å². The van der Waals surface area contributed by atoms with Gasteiger partial charge >= 0.3 is 0 Å². The second-order valence-electron chi connectivity index (χ2n) is 11.1. The SMILES string of the molecule is CN[C@@H](C)C(=O)N[C@H](C(=O)N1CCC[C@H]1Cc1cn(C2OC[C@@H](O)[C@H](O)[C@H]2O)c2c(C)cccc12)C(C)C. The highest BCUT2D eigenvalue weighted by Gasteiger charge is 2.40. The minimum atomic E-state index is -1.31. The van der Waals surface area contributed by atoms with Gasteiger partial charge in [-0.05, 0) is 57.2 Å². The van der Waals surface area contributed by atoms with Crippen LogP contribution in [-0.2, 0) is 20.7 Å². The number of amides is 2. The molecule has 10 nitrogen and oxygen atoms in total. The number of fused-ring (bicyclic) bond motifs is 1. The number of nitrogens with one attached hydrogen (secondary N) is 2. The summed E-state index contributed by atoms with van der Waals surface area (Å²) in [5.41, 5.74) is 2.89. The zero-order valence-corrected chi connectivity index (χ0v) is 22.9. The molecule has 3 heterocycles. The Balaban J connectivity index is 1.61. The largest absolute Gasteiger partial charge is 0.388 e. The van der Waals surface area contributed by atoms with Crippen LogP contribution in [0.5, 0.6) is 0 Å². The summed E-state index contributed by atoms with van der Waals surface area (Å²) < 4.78 is 7.63. The highest BCUT2D eigenvalue weighted by atomic mass is 16.5. The molecule has 1 aromatic carbocycles. The monoisotopic (exact) mass is 530 g/mol. The number of para-hydroxylation sites is 1. The maximum absolute atomic E-state index is 13.7. The maximum Gasteiger partial charge on any atom is 0.245 e. The fourth-order valence-corrected chi connectivity index (χ4v) is 5.66. The smallest absolute Gasteiger partial charge is 0.245 e. The molecule has 210 valence electrons. The van der Waals surface area contributed by atoms with Crippen molar-refractivity contribution in [1.82, 2.24) is 20.1 Å². The van der Waals surface area contributed by atoms with E-state index in [9.17, 15) is 24.9 Å². The summed E-state index contributed by atoms with van der Waals surface area (Å²) in [5, 5.41) is 37.8. The molecule has 1 unspecified atom stereocenters. The van der Waals surface area contributed by atoms with Crippen LogP contribution in [-0.4, -0.2) is 93.2 Å². The average Bonchev–Trinajstić information content (AvgIpc) is 3.50. The minimum absolute atomic E-state index is 0.0356. The zero-order valence-electron chi connectivity index (χ0n) is 22.9. The molecule has 2 amide bonds. The average molecular weight is 531 g/mol. The second-order valence-corrected chi connectivity index (χ2v) is 11.1. The number of aliphatic hydroxyl groups excluding tert-OH is 3. The molecule has 2 fully saturated rings. The van der Waals surface area contributed by atoms with E-state index in [-0.39, 0.29) is 30.4 Å². The highest BCUT2D eigenvalue weighted by molar-refractivity contribution is 5.90. The third-order valence-corrected chi connectivity index (χ3v) is 8.06. The highest BCUT2D eigenvalue weighted by Crippen LogP contribution is 2.34. The topological polar surface area (TPSA) is 136 Å². The first-order chi connectivity index (χ1) is 18.0. The van der Waals surface area contributed by atoms with Gasteiger partial charge in [0.05, 0.1) is 18.2 Å². The molecule has 0 spiro atoms. The predicted molar refractivity (Wildman–Crippen MR) is 143 cm³/mol. The maximum atomic E-state index is 13.7. The predicted octanol–water partition coefficient (Wildman–Crippen LogP) is 0.843. The zero-order chi connectivity index (χ0) is 27.7. The van der Waals surface area contributed by atoms with Gasteiger partial charge in [-0.2, -0.15) is 0 Å². The van der Waals surface area contributed by atoms with Gasteiger partial charge in [0, 0.05) is 24.2 Å². The number of carbonyl (C=O) groups is 2. The summed E-state index contributed by atoms with van der Waals surface area (Å²) in [5.74, 6) is -0.331. The van der Waals surface area contributed by atoms with Gasteiger partial charge in [-0.3, -0.25) is 9.59 Å². The summed E-state index contributed by atoms with van der Waals surface area (Å²) >= 11 is 0. The second kappa shape index (κ2) is 11.7. The number of aliphatic hydroxyl groups is 3. The van der Waals surface area contributed by atoms with Gasteiger partial charge in [-0.25, -0.2) is 0 Å². The molecule has 0 radical (unpaired) electrons. The van der Waals surface area contributed by atoms with E-state index in [2.05, 4.69) is 10.6 Å². The van der Waals surface area contributed by atoms with Crippen LogP contribution in [0.3, 0.4) is 0 Å². The van der Waals surface area contributed by atoms with Gasteiger partial charge in [0.15, 0.2) is 6.23 Å². The molecule has 2 aliphatic rings. The molecule has 7 atom stereocenters. The number of carbonyl (C=O) groups excluding carboxylic acids is 2. The summed E-state index contributed by atoms with van der Waals surface area (Å²) in [6, 6.07) is 4.94. The number of likely N-dealkylation sites (tertiary alicyclic amines) is 1. The number of ether oxygens (including phenoxy) is 1. The van der Waals surface area contributed by atoms with Crippen LogP contribution in [0.25, 0.3) is 10.9 Å². The number of aryl methyl sites for hydroxylation is 1. The Labute approximate surface area is 223 Å². The lowest BCUT2D eigenvalue weighted by atomic mass is 9.99. The van der Waals surface area contributed by atoms with Crippen molar-refractivity contribution in [2.75, 3.05) is 20.2 Å². The van der Waals surface area contributed by atoms with Crippen LogP contribution < -0.4 is 10.6 Å². The Morgan fingerprint density at radius 2 is 1.89 bits per heavy atom. The number of likely N-dealkylation sites (N-methyl/N-ethyl adjacent to an activating group) is 1. The van der Waals surface area contributed by atoms with E-state index < -0.39 is 36.6 Å². The minimum Gasteiger partial charge on any atom is -0.388 e. The van der Waals surface area contributed by atoms with Crippen LogP contribution in [0.15, 0.2) is 24.4 Å². The first-order valence-corrected chi connectivity index (χ1v) is 13.6. The molecule has 0 saturated carbocycles. The first kappa shape index (κ1) is 28.5. The molecule has 0 bridgehead atoms. The van der Waals surface area contributed by atoms with Crippen molar-refractivity contribution >= 4 is 22.7 Å². The fourth-order valence-electron chi connectivity index (χ4n) is 5.66. The van der Waals surface area contributed by atoms with Crippen LogP contribution in [0, 0.1) is 12.8 Å². The van der Waals surface area contributed by atoms with Crippen molar-refractivity contribution in [3.8, 4) is 0 Å². The standard InChI is InChI=1S/C28H42N4O6/c1-15(2)22(30-26(36)17(4)29-5)27(37)31-11-7-9-19(31)12-18-13-32(23-16(3)8-6-10-20(18)23)28-25(35)24(34)21(33)14-38-28/h6,8,10,13,15,17,19,21-22,24-25,28-29,33-35H,7,9,11-12,14H2,1-5H3,(H,30,36)/t17-,19-,21+,22-,24-,25+,28?/m0/s1. The molecule has 2 aromatic rings. The first-order valence-electron chi connectivity index (χ1n) is 13.6. The summed E-state index contributed by atoms with van der Waals surface area (Å²) in [6.07, 6.45) is -0.311. The molecule has 10 heteroatoms. The summed E-state index contributed by atoms with van der Waals surface area (Å²) in [4.78, 5) is 28.2. The third-order valence-electron chi connectivity index (χ3n) is 8.06.